The first-order valence-corrected chi connectivity index (χ1v) is 13.6. The Morgan fingerprint density at radius 2 is 1.35 bits per heavy atom. The van der Waals surface area contributed by atoms with E-state index in [0.717, 1.165) is 33.3 Å². The molecule has 0 aliphatic carbocycles. The Labute approximate surface area is 232 Å². The Bertz CT molecular complexity index is 2060. The number of rotatable bonds is 4. The van der Waals surface area contributed by atoms with Crippen molar-refractivity contribution in [2.75, 3.05) is 0 Å². The zero-order valence-corrected chi connectivity index (χ0v) is 21.8. The van der Waals surface area contributed by atoms with Gasteiger partial charge in [0.15, 0.2) is 0 Å². The SMILES string of the molecule is C1=C(c2ccccc2)C=C(c2ccccc2)NC1c1ccc(-n2c3ccccc3c3c4occc4ccc32)cc1. The van der Waals surface area contributed by atoms with E-state index in [2.05, 4.69) is 143 Å². The zero-order chi connectivity index (χ0) is 26.5. The highest BCUT2D eigenvalue weighted by Gasteiger charge is 2.20. The highest BCUT2D eigenvalue weighted by Crippen LogP contribution is 2.38. The molecule has 5 aromatic carbocycles. The quantitative estimate of drug-likeness (QED) is 0.254. The van der Waals surface area contributed by atoms with Crippen LogP contribution in [0.3, 0.4) is 0 Å². The van der Waals surface area contributed by atoms with Crippen LogP contribution in [-0.2, 0) is 0 Å². The molecular weight excluding hydrogens is 488 g/mol. The minimum atomic E-state index is 0.0466. The molecule has 0 spiro atoms. The normalized spacial score (nSPS) is 15.2. The van der Waals surface area contributed by atoms with Gasteiger partial charge >= 0.3 is 0 Å². The van der Waals surface area contributed by atoms with Crippen molar-refractivity contribution in [2.45, 2.75) is 6.04 Å². The molecule has 1 N–H and O–H groups in total. The average molecular weight is 515 g/mol. The number of aromatic nitrogens is 1. The van der Waals surface area contributed by atoms with Gasteiger partial charge in [0.05, 0.1) is 28.7 Å². The Kier molecular flexibility index (Phi) is 5.20. The molecular formula is C37H26N2O. The summed E-state index contributed by atoms with van der Waals surface area (Å²) < 4.78 is 8.29. The number of furan rings is 1. The highest BCUT2D eigenvalue weighted by atomic mass is 16.3. The molecule has 0 fully saturated rings. The lowest BCUT2D eigenvalue weighted by Crippen LogP contribution is -2.21. The average Bonchev–Trinajstić information content (AvgIpc) is 3.64. The monoisotopic (exact) mass is 514 g/mol. The number of nitrogens with one attached hydrogen (secondary N) is 1. The van der Waals surface area contributed by atoms with Crippen molar-refractivity contribution in [1.29, 1.82) is 0 Å². The lowest BCUT2D eigenvalue weighted by molar-refractivity contribution is 0.619. The van der Waals surface area contributed by atoms with Crippen LogP contribution in [0.15, 0.2) is 150 Å². The lowest BCUT2D eigenvalue weighted by Gasteiger charge is -2.26. The summed E-state index contributed by atoms with van der Waals surface area (Å²) in [6, 6.07) is 45.1. The number of para-hydroxylation sites is 1. The molecule has 0 saturated carbocycles. The highest BCUT2D eigenvalue weighted by molar-refractivity contribution is 6.19. The molecule has 8 rings (SSSR count). The Balaban J connectivity index is 1.23. The third kappa shape index (κ3) is 3.67. The molecule has 3 heterocycles. The fraction of sp³-hybridized carbons (Fsp3) is 0.0270. The summed E-state index contributed by atoms with van der Waals surface area (Å²) in [6.07, 6.45) is 6.35. The van der Waals surface area contributed by atoms with Crippen molar-refractivity contribution >= 4 is 44.0 Å². The molecule has 0 amide bonds. The molecule has 3 heteroatoms. The van der Waals surface area contributed by atoms with Gasteiger partial charge in [0.2, 0.25) is 0 Å². The summed E-state index contributed by atoms with van der Waals surface area (Å²) in [4.78, 5) is 0. The summed E-state index contributed by atoms with van der Waals surface area (Å²) in [5.41, 5.74) is 10.3. The maximum atomic E-state index is 5.95. The van der Waals surface area contributed by atoms with Crippen LogP contribution in [0.5, 0.6) is 0 Å². The van der Waals surface area contributed by atoms with E-state index in [1.54, 1.807) is 6.26 Å². The molecule has 1 unspecified atom stereocenters. The van der Waals surface area contributed by atoms with E-state index in [0.29, 0.717) is 0 Å². The maximum Gasteiger partial charge on any atom is 0.143 e. The molecule has 40 heavy (non-hydrogen) atoms. The zero-order valence-electron chi connectivity index (χ0n) is 21.8. The molecule has 190 valence electrons. The third-order valence-corrected chi connectivity index (χ3v) is 7.91. The fourth-order valence-corrected chi connectivity index (χ4v) is 6.00. The lowest BCUT2D eigenvalue weighted by atomic mass is 9.93. The van der Waals surface area contributed by atoms with Gasteiger partial charge in [-0.1, -0.05) is 91.0 Å². The van der Waals surface area contributed by atoms with Crippen LogP contribution < -0.4 is 5.32 Å². The van der Waals surface area contributed by atoms with Crippen LogP contribution in [-0.4, -0.2) is 4.57 Å². The smallest absolute Gasteiger partial charge is 0.143 e. The largest absolute Gasteiger partial charge is 0.464 e. The number of hydrogen-bond acceptors (Lipinski definition) is 2. The minimum Gasteiger partial charge on any atom is -0.464 e. The van der Waals surface area contributed by atoms with Gasteiger partial charge in [-0.05, 0) is 70.8 Å². The van der Waals surface area contributed by atoms with Crippen molar-refractivity contribution in [3.8, 4) is 5.69 Å². The molecule has 1 aliphatic rings. The Morgan fingerprint density at radius 3 is 2.15 bits per heavy atom. The predicted octanol–water partition coefficient (Wildman–Crippen LogP) is 9.30. The third-order valence-electron chi connectivity index (χ3n) is 7.91. The second-order valence-corrected chi connectivity index (χ2v) is 10.3. The summed E-state index contributed by atoms with van der Waals surface area (Å²) in [5.74, 6) is 0. The fourth-order valence-electron chi connectivity index (χ4n) is 6.00. The summed E-state index contributed by atoms with van der Waals surface area (Å²) >= 11 is 0. The van der Waals surface area contributed by atoms with Gasteiger partial charge in [0.1, 0.15) is 5.58 Å². The van der Waals surface area contributed by atoms with Gasteiger partial charge in [-0.25, -0.2) is 0 Å². The summed E-state index contributed by atoms with van der Waals surface area (Å²) in [5, 5.41) is 7.26. The molecule has 0 radical (unpaired) electrons. The number of fused-ring (bicyclic) bond motifs is 5. The molecule has 0 saturated heterocycles. The van der Waals surface area contributed by atoms with E-state index in [4.69, 9.17) is 4.42 Å². The van der Waals surface area contributed by atoms with Crippen molar-refractivity contribution in [3.05, 3.63) is 162 Å². The van der Waals surface area contributed by atoms with Gasteiger partial charge in [0.25, 0.3) is 0 Å². The van der Waals surface area contributed by atoms with Crippen LogP contribution in [0.25, 0.3) is 49.7 Å². The van der Waals surface area contributed by atoms with Gasteiger partial charge in [0, 0.05) is 22.2 Å². The van der Waals surface area contributed by atoms with Crippen molar-refractivity contribution in [2.24, 2.45) is 0 Å². The minimum absolute atomic E-state index is 0.0466. The van der Waals surface area contributed by atoms with Crippen LogP contribution in [0.2, 0.25) is 0 Å². The Hall–Kier alpha value is -5.28. The van der Waals surface area contributed by atoms with E-state index in [1.165, 1.54) is 33.2 Å². The van der Waals surface area contributed by atoms with Crippen LogP contribution in [0.1, 0.15) is 22.7 Å². The second-order valence-electron chi connectivity index (χ2n) is 10.3. The molecule has 2 aromatic heterocycles. The first kappa shape index (κ1) is 22.7. The molecule has 7 aromatic rings. The number of nitrogens with zero attached hydrogens (tertiary/aromatic N) is 1. The molecule has 1 atom stereocenters. The Morgan fingerprint density at radius 1 is 0.625 bits per heavy atom. The van der Waals surface area contributed by atoms with Crippen LogP contribution in [0.4, 0.5) is 0 Å². The second kappa shape index (κ2) is 9.18. The summed E-state index contributed by atoms with van der Waals surface area (Å²) in [7, 11) is 0. The number of dihydropyridines is 1. The van der Waals surface area contributed by atoms with Gasteiger partial charge < -0.3 is 14.3 Å². The van der Waals surface area contributed by atoms with Crippen molar-refractivity contribution in [1.82, 2.24) is 9.88 Å². The molecule has 1 aliphatic heterocycles. The number of hydrogen-bond donors (Lipinski definition) is 1. The standard InChI is InChI=1S/C37H26N2O/c1-3-9-25(10-4-1)29-23-32(26-11-5-2-6-12-26)38-33(24-29)27-15-18-30(19-16-27)39-34-14-8-7-13-31(34)36-35(39)20-17-28-21-22-40-37(28)36/h1-24,33,38H. The van der Waals surface area contributed by atoms with Crippen molar-refractivity contribution < 1.29 is 4.42 Å². The van der Waals surface area contributed by atoms with Gasteiger partial charge in [-0.3, -0.25) is 0 Å². The summed E-state index contributed by atoms with van der Waals surface area (Å²) in [6.45, 7) is 0. The number of benzene rings is 5. The molecule has 3 nitrogen and oxygen atoms in total. The first-order chi connectivity index (χ1) is 19.8. The van der Waals surface area contributed by atoms with E-state index in [9.17, 15) is 0 Å². The van der Waals surface area contributed by atoms with Gasteiger partial charge in [-0.15, -0.1) is 0 Å². The van der Waals surface area contributed by atoms with Gasteiger partial charge in [-0.2, -0.15) is 0 Å². The van der Waals surface area contributed by atoms with Crippen molar-refractivity contribution in [3.63, 3.8) is 0 Å². The maximum absolute atomic E-state index is 5.95. The van der Waals surface area contributed by atoms with Crippen LogP contribution >= 0.6 is 0 Å². The van der Waals surface area contributed by atoms with E-state index < -0.39 is 0 Å². The number of allylic oxidation sites excluding steroid dienone is 2. The molecule has 0 bridgehead atoms. The van der Waals surface area contributed by atoms with E-state index >= 15 is 0 Å². The van der Waals surface area contributed by atoms with E-state index in [-0.39, 0.29) is 6.04 Å². The topological polar surface area (TPSA) is 30.1 Å². The predicted molar refractivity (Wildman–Crippen MR) is 165 cm³/mol. The van der Waals surface area contributed by atoms with Crippen LogP contribution in [0, 0.1) is 0 Å². The van der Waals surface area contributed by atoms with E-state index in [1.807, 2.05) is 6.07 Å². The first-order valence-electron chi connectivity index (χ1n) is 13.6.